The summed E-state index contributed by atoms with van der Waals surface area (Å²) >= 11 is 1.41. The van der Waals surface area contributed by atoms with Gasteiger partial charge in [-0.2, -0.15) is 5.10 Å². The summed E-state index contributed by atoms with van der Waals surface area (Å²) in [5, 5.41) is 12.4. The Labute approximate surface area is 109 Å². The zero-order valence-corrected chi connectivity index (χ0v) is 11.3. The van der Waals surface area contributed by atoms with Crippen molar-refractivity contribution in [3.05, 3.63) is 29.0 Å². The summed E-state index contributed by atoms with van der Waals surface area (Å²) in [4.78, 5) is 16.2. The minimum Gasteiger partial charge on any atom is -0.312 e. The summed E-state index contributed by atoms with van der Waals surface area (Å²) in [5.74, 6) is -0.242. The van der Waals surface area contributed by atoms with Gasteiger partial charge in [-0.25, -0.2) is 4.98 Å². The van der Waals surface area contributed by atoms with Crippen LogP contribution in [0.1, 0.15) is 29.1 Å². The van der Waals surface area contributed by atoms with Gasteiger partial charge in [0.2, 0.25) is 0 Å². The minimum absolute atomic E-state index is 0.168. The topological polar surface area (TPSA) is 71.8 Å². The van der Waals surface area contributed by atoms with Crippen molar-refractivity contribution < 1.29 is 4.79 Å². The van der Waals surface area contributed by atoms with Crippen molar-refractivity contribution in [2.24, 2.45) is 7.05 Å². The molecular weight excluding hydrogens is 250 g/mol. The molecule has 18 heavy (non-hydrogen) atoms. The molecule has 0 radical (unpaired) electrons. The normalized spacial score (nSPS) is 12.4. The molecule has 0 spiro atoms. The molecule has 1 amide bonds. The van der Waals surface area contributed by atoms with Crippen molar-refractivity contribution >= 4 is 22.4 Å². The molecule has 0 saturated heterocycles. The summed E-state index contributed by atoms with van der Waals surface area (Å²) in [6.07, 6.45) is 1.73. The molecule has 0 aliphatic rings. The quantitative estimate of drug-likeness (QED) is 0.876. The summed E-state index contributed by atoms with van der Waals surface area (Å²) in [5.41, 5.74) is 1.30. The number of thiazole rings is 1. The molecule has 7 heteroatoms. The highest BCUT2D eigenvalue weighted by atomic mass is 32.1. The molecule has 0 bridgehead atoms. The molecule has 0 aliphatic heterocycles. The van der Waals surface area contributed by atoms with Crippen LogP contribution >= 0.6 is 11.3 Å². The third kappa shape index (κ3) is 2.74. The number of aryl methyl sites for hydroxylation is 1. The van der Waals surface area contributed by atoms with Gasteiger partial charge in [0.1, 0.15) is 0 Å². The lowest BCUT2D eigenvalue weighted by Crippen LogP contribution is -2.14. The van der Waals surface area contributed by atoms with E-state index < -0.39 is 0 Å². The van der Waals surface area contributed by atoms with E-state index in [9.17, 15) is 4.79 Å². The predicted octanol–water partition coefficient (Wildman–Crippen LogP) is 1.41. The SMILES string of the molecule is CNC(C)c1csc(NC(=O)c2ccn(C)n2)n1. The van der Waals surface area contributed by atoms with Crippen molar-refractivity contribution in [3.8, 4) is 0 Å². The number of aromatic nitrogens is 3. The molecule has 2 aromatic rings. The first-order valence-electron chi connectivity index (χ1n) is 5.54. The van der Waals surface area contributed by atoms with E-state index in [0.717, 1.165) is 5.69 Å². The molecular formula is C11H15N5OS. The molecule has 1 unspecified atom stereocenters. The van der Waals surface area contributed by atoms with Gasteiger partial charge in [0, 0.05) is 24.7 Å². The number of carbonyl (C=O) groups excluding carboxylic acids is 1. The zero-order valence-electron chi connectivity index (χ0n) is 10.5. The van der Waals surface area contributed by atoms with E-state index in [1.165, 1.54) is 11.3 Å². The second kappa shape index (κ2) is 5.28. The summed E-state index contributed by atoms with van der Waals surface area (Å²) < 4.78 is 1.59. The fraction of sp³-hybridized carbons (Fsp3) is 0.364. The first kappa shape index (κ1) is 12.7. The van der Waals surface area contributed by atoms with E-state index in [1.54, 1.807) is 24.0 Å². The maximum atomic E-state index is 11.8. The van der Waals surface area contributed by atoms with Gasteiger partial charge in [0.05, 0.1) is 5.69 Å². The molecule has 0 saturated carbocycles. The molecule has 96 valence electrons. The Morgan fingerprint density at radius 1 is 1.56 bits per heavy atom. The monoisotopic (exact) mass is 265 g/mol. The molecule has 2 heterocycles. The standard InChI is InChI=1S/C11H15N5OS/c1-7(12-2)9-6-18-11(13-9)14-10(17)8-4-5-16(3)15-8/h4-7,12H,1-3H3,(H,13,14,17). The lowest BCUT2D eigenvalue weighted by atomic mass is 10.3. The van der Waals surface area contributed by atoms with E-state index >= 15 is 0 Å². The molecule has 2 rings (SSSR count). The first-order valence-corrected chi connectivity index (χ1v) is 6.42. The second-order valence-electron chi connectivity index (χ2n) is 3.92. The van der Waals surface area contributed by atoms with E-state index in [2.05, 4.69) is 20.7 Å². The molecule has 0 fully saturated rings. The average molecular weight is 265 g/mol. The van der Waals surface area contributed by atoms with Crippen molar-refractivity contribution in [1.82, 2.24) is 20.1 Å². The van der Waals surface area contributed by atoms with Gasteiger partial charge in [0.25, 0.3) is 5.91 Å². The first-order chi connectivity index (χ1) is 8.60. The van der Waals surface area contributed by atoms with Gasteiger partial charge >= 0.3 is 0 Å². The van der Waals surface area contributed by atoms with Gasteiger partial charge in [0.15, 0.2) is 10.8 Å². The molecule has 0 aliphatic carbocycles. The van der Waals surface area contributed by atoms with Crippen LogP contribution in [0.25, 0.3) is 0 Å². The zero-order chi connectivity index (χ0) is 13.1. The van der Waals surface area contributed by atoms with Crippen LogP contribution in [0.5, 0.6) is 0 Å². The van der Waals surface area contributed by atoms with E-state index in [0.29, 0.717) is 10.8 Å². The van der Waals surface area contributed by atoms with Gasteiger partial charge in [-0.3, -0.25) is 14.8 Å². The average Bonchev–Trinajstić information content (AvgIpc) is 2.97. The summed E-state index contributed by atoms with van der Waals surface area (Å²) in [6, 6.07) is 1.84. The maximum absolute atomic E-state index is 11.8. The van der Waals surface area contributed by atoms with Crippen molar-refractivity contribution in [2.75, 3.05) is 12.4 Å². The van der Waals surface area contributed by atoms with Crippen molar-refractivity contribution in [2.45, 2.75) is 13.0 Å². The van der Waals surface area contributed by atoms with Crippen molar-refractivity contribution in [3.63, 3.8) is 0 Å². The Kier molecular flexibility index (Phi) is 3.73. The maximum Gasteiger partial charge on any atom is 0.277 e. The minimum atomic E-state index is -0.242. The highest BCUT2D eigenvalue weighted by Crippen LogP contribution is 2.20. The van der Waals surface area contributed by atoms with Crippen LogP contribution in [0.3, 0.4) is 0 Å². The van der Waals surface area contributed by atoms with Crippen LogP contribution in [0.15, 0.2) is 17.6 Å². The van der Waals surface area contributed by atoms with Gasteiger partial charge < -0.3 is 5.32 Å². The number of hydrogen-bond acceptors (Lipinski definition) is 5. The fourth-order valence-electron chi connectivity index (χ4n) is 1.39. The van der Waals surface area contributed by atoms with Crippen molar-refractivity contribution in [1.29, 1.82) is 0 Å². The largest absolute Gasteiger partial charge is 0.312 e. The molecule has 2 N–H and O–H groups in total. The third-order valence-electron chi connectivity index (χ3n) is 2.57. The van der Waals surface area contributed by atoms with E-state index in [1.807, 2.05) is 19.4 Å². The molecule has 6 nitrogen and oxygen atoms in total. The third-order valence-corrected chi connectivity index (χ3v) is 3.34. The van der Waals surface area contributed by atoms with Gasteiger partial charge in [-0.15, -0.1) is 11.3 Å². The predicted molar refractivity (Wildman–Crippen MR) is 70.7 cm³/mol. The number of nitrogens with one attached hydrogen (secondary N) is 2. The number of carbonyl (C=O) groups is 1. The Morgan fingerprint density at radius 2 is 2.33 bits per heavy atom. The summed E-state index contributed by atoms with van der Waals surface area (Å²) in [6.45, 7) is 2.01. The van der Waals surface area contributed by atoms with Crippen LogP contribution in [-0.2, 0) is 7.05 Å². The summed E-state index contributed by atoms with van der Waals surface area (Å²) in [7, 11) is 3.64. The van der Waals surface area contributed by atoms with Crippen LogP contribution in [0.4, 0.5) is 5.13 Å². The Hall–Kier alpha value is -1.73. The Morgan fingerprint density at radius 3 is 2.94 bits per heavy atom. The number of amides is 1. The Bertz CT molecular complexity index is 547. The van der Waals surface area contributed by atoms with Gasteiger partial charge in [-0.05, 0) is 20.0 Å². The second-order valence-corrected chi connectivity index (χ2v) is 4.77. The number of nitrogens with zero attached hydrogens (tertiary/aromatic N) is 3. The lowest BCUT2D eigenvalue weighted by Gasteiger charge is -2.04. The molecule has 1 atom stereocenters. The number of hydrogen-bond donors (Lipinski definition) is 2. The fourth-order valence-corrected chi connectivity index (χ4v) is 2.19. The van der Waals surface area contributed by atoms with E-state index in [-0.39, 0.29) is 11.9 Å². The molecule has 2 aromatic heterocycles. The highest BCUT2D eigenvalue weighted by Gasteiger charge is 2.13. The van der Waals surface area contributed by atoms with Gasteiger partial charge in [-0.1, -0.05) is 0 Å². The molecule has 0 aromatic carbocycles. The van der Waals surface area contributed by atoms with E-state index in [4.69, 9.17) is 0 Å². The number of anilines is 1. The number of rotatable bonds is 4. The Balaban J connectivity index is 2.05. The smallest absolute Gasteiger partial charge is 0.277 e. The van der Waals surface area contributed by atoms with Crippen LogP contribution in [-0.4, -0.2) is 27.7 Å². The van der Waals surface area contributed by atoms with Crippen LogP contribution in [0.2, 0.25) is 0 Å². The van der Waals surface area contributed by atoms with Crippen LogP contribution in [0, 0.1) is 0 Å². The van der Waals surface area contributed by atoms with Crippen LogP contribution < -0.4 is 10.6 Å². The highest BCUT2D eigenvalue weighted by molar-refractivity contribution is 7.14. The lowest BCUT2D eigenvalue weighted by molar-refractivity contribution is 0.102.